The quantitative estimate of drug-likeness (QED) is 0.471. The monoisotopic (exact) mass is 402 g/mol. The van der Waals surface area contributed by atoms with Gasteiger partial charge in [-0.05, 0) is 65.3 Å². The van der Waals surface area contributed by atoms with E-state index in [1.165, 1.54) is 0 Å². The van der Waals surface area contributed by atoms with Gasteiger partial charge in [0.25, 0.3) is 5.91 Å². The highest BCUT2D eigenvalue weighted by Gasteiger charge is 2.20. The summed E-state index contributed by atoms with van der Waals surface area (Å²) in [5.74, 6) is 1.40. The highest BCUT2D eigenvalue weighted by Crippen LogP contribution is 2.30. The number of nitrogens with one attached hydrogen (secondary N) is 1. The van der Waals surface area contributed by atoms with E-state index >= 15 is 0 Å². The SMILES string of the molecule is Cc1ccc(NC(=O)c2cc(-c3cc(C)oc3C)nc3c2cnn3C(C)C)c(C)c1. The second kappa shape index (κ2) is 7.44. The van der Waals surface area contributed by atoms with E-state index in [4.69, 9.17) is 9.40 Å². The minimum absolute atomic E-state index is 0.118. The Morgan fingerprint density at radius 1 is 1.10 bits per heavy atom. The Morgan fingerprint density at radius 2 is 1.87 bits per heavy atom. The summed E-state index contributed by atoms with van der Waals surface area (Å²) < 4.78 is 7.54. The van der Waals surface area contributed by atoms with Crippen LogP contribution in [-0.2, 0) is 0 Å². The molecule has 0 spiro atoms. The number of fused-ring (bicyclic) bond motifs is 1. The van der Waals surface area contributed by atoms with Crippen LogP contribution in [-0.4, -0.2) is 20.7 Å². The van der Waals surface area contributed by atoms with E-state index in [-0.39, 0.29) is 11.9 Å². The number of aromatic nitrogens is 3. The highest BCUT2D eigenvalue weighted by atomic mass is 16.3. The summed E-state index contributed by atoms with van der Waals surface area (Å²) in [7, 11) is 0. The van der Waals surface area contributed by atoms with Crippen LogP contribution in [0.4, 0.5) is 5.69 Å². The Bertz CT molecular complexity index is 1260. The molecule has 1 amide bonds. The first-order valence-corrected chi connectivity index (χ1v) is 10.1. The fourth-order valence-corrected chi connectivity index (χ4v) is 3.75. The molecule has 0 aliphatic rings. The topological polar surface area (TPSA) is 73.0 Å². The van der Waals surface area contributed by atoms with Crippen molar-refractivity contribution in [1.82, 2.24) is 14.8 Å². The summed E-state index contributed by atoms with van der Waals surface area (Å²) in [4.78, 5) is 18.2. The molecule has 0 saturated heterocycles. The average Bonchev–Trinajstić information content (AvgIpc) is 3.25. The highest BCUT2D eigenvalue weighted by molar-refractivity contribution is 6.12. The molecule has 0 radical (unpaired) electrons. The van der Waals surface area contributed by atoms with Crippen LogP contribution in [0.25, 0.3) is 22.3 Å². The van der Waals surface area contributed by atoms with Crippen molar-refractivity contribution in [2.24, 2.45) is 0 Å². The van der Waals surface area contributed by atoms with Gasteiger partial charge in [0.15, 0.2) is 5.65 Å². The first-order valence-electron chi connectivity index (χ1n) is 10.1. The molecule has 0 atom stereocenters. The predicted octanol–water partition coefficient (Wildman–Crippen LogP) is 5.76. The number of nitrogens with zero attached hydrogens (tertiary/aromatic N) is 3. The fourth-order valence-electron chi connectivity index (χ4n) is 3.75. The third kappa shape index (κ3) is 3.49. The molecule has 0 saturated carbocycles. The van der Waals surface area contributed by atoms with Crippen molar-refractivity contribution >= 4 is 22.6 Å². The average molecular weight is 402 g/mol. The standard InChI is InChI=1S/C24H26N4O2/c1-13(2)28-23-20(12-25-28)19(11-22(26-23)18-10-16(5)30-17(18)6)24(29)27-21-8-7-14(3)9-15(21)4/h7-13H,1-6H3,(H,27,29). The number of anilines is 1. The molecule has 3 aromatic heterocycles. The van der Waals surface area contributed by atoms with Gasteiger partial charge < -0.3 is 9.73 Å². The molecule has 3 heterocycles. The second-order valence-electron chi connectivity index (χ2n) is 8.07. The van der Waals surface area contributed by atoms with Crippen LogP contribution in [0, 0.1) is 27.7 Å². The number of pyridine rings is 1. The van der Waals surface area contributed by atoms with Crippen molar-refractivity contribution in [3.63, 3.8) is 0 Å². The van der Waals surface area contributed by atoms with E-state index in [9.17, 15) is 4.79 Å². The van der Waals surface area contributed by atoms with Crippen LogP contribution in [0.2, 0.25) is 0 Å². The van der Waals surface area contributed by atoms with Gasteiger partial charge in [-0.2, -0.15) is 5.10 Å². The van der Waals surface area contributed by atoms with Crippen LogP contribution in [0.15, 0.2) is 40.9 Å². The molecule has 6 heteroatoms. The normalized spacial score (nSPS) is 11.4. The maximum absolute atomic E-state index is 13.3. The lowest BCUT2D eigenvalue weighted by Gasteiger charge is -2.12. The lowest BCUT2D eigenvalue weighted by molar-refractivity contribution is 0.102. The molecule has 0 aliphatic heterocycles. The van der Waals surface area contributed by atoms with Crippen molar-refractivity contribution in [1.29, 1.82) is 0 Å². The number of rotatable bonds is 4. The van der Waals surface area contributed by atoms with Gasteiger partial charge in [0.05, 0.1) is 22.8 Å². The molecule has 4 rings (SSSR count). The molecule has 1 N–H and O–H groups in total. The summed E-state index contributed by atoms with van der Waals surface area (Å²) in [5, 5.41) is 8.27. The predicted molar refractivity (Wildman–Crippen MR) is 119 cm³/mol. The fraction of sp³-hybridized carbons (Fsp3) is 0.292. The largest absolute Gasteiger partial charge is 0.466 e. The summed E-state index contributed by atoms with van der Waals surface area (Å²) in [6.07, 6.45) is 1.72. The van der Waals surface area contributed by atoms with Crippen LogP contribution in [0.3, 0.4) is 0 Å². The molecule has 1 aromatic carbocycles. The smallest absolute Gasteiger partial charge is 0.256 e. The van der Waals surface area contributed by atoms with Crippen LogP contribution in [0.1, 0.15) is 52.9 Å². The molecule has 4 aromatic rings. The van der Waals surface area contributed by atoms with E-state index < -0.39 is 0 Å². The zero-order valence-corrected chi connectivity index (χ0v) is 18.2. The number of hydrogen-bond acceptors (Lipinski definition) is 4. The molecule has 0 fully saturated rings. The number of carbonyl (C=O) groups excluding carboxylic acids is 1. The van der Waals surface area contributed by atoms with E-state index in [1.54, 1.807) is 6.20 Å². The maximum Gasteiger partial charge on any atom is 0.256 e. The lowest BCUT2D eigenvalue weighted by Crippen LogP contribution is -2.14. The number of furan rings is 1. The van der Waals surface area contributed by atoms with E-state index in [0.29, 0.717) is 16.9 Å². The van der Waals surface area contributed by atoms with E-state index in [2.05, 4.69) is 16.5 Å². The van der Waals surface area contributed by atoms with Crippen molar-refractivity contribution in [2.75, 3.05) is 5.32 Å². The van der Waals surface area contributed by atoms with E-state index in [0.717, 1.165) is 39.3 Å². The van der Waals surface area contributed by atoms with Crippen LogP contribution >= 0.6 is 0 Å². The summed E-state index contributed by atoms with van der Waals surface area (Å²) in [5.41, 5.74) is 5.78. The molecule has 0 aliphatic carbocycles. The van der Waals surface area contributed by atoms with Crippen LogP contribution < -0.4 is 5.32 Å². The maximum atomic E-state index is 13.3. The molecule has 6 nitrogen and oxygen atoms in total. The molecular weight excluding hydrogens is 376 g/mol. The Balaban J connectivity index is 1.87. The van der Waals surface area contributed by atoms with Gasteiger partial charge >= 0.3 is 0 Å². The Morgan fingerprint density at radius 3 is 2.50 bits per heavy atom. The minimum Gasteiger partial charge on any atom is -0.466 e. The Hall–Kier alpha value is -3.41. The zero-order chi connectivity index (χ0) is 21.6. The van der Waals surface area contributed by atoms with Gasteiger partial charge in [-0.15, -0.1) is 0 Å². The third-order valence-electron chi connectivity index (χ3n) is 5.25. The van der Waals surface area contributed by atoms with Crippen LogP contribution in [0.5, 0.6) is 0 Å². The van der Waals surface area contributed by atoms with Gasteiger partial charge in [-0.3, -0.25) is 4.79 Å². The van der Waals surface area contributed by atoms with E-state index in [1.807, 2.05) is 70.5 Å². The second-order valence-corrected chi connectivity index (χ2v) is 8.07. The van der Waals surface area contributed by atoms with Crippen molar-refractivity contribution < 1.29 is 9.21 Å². The Labute approximate surface area is 175 Å². The minimum atomic E-state index is -0.184. The summed E-state index contributed by atoms with van der Waals surface area (Å²) in [6, 6.07) is 9.87. The number of hydrogen-bond donors (Lipinski definition) is 1. The Kier molecular flexibility index (Phi) is 4.94. The van der Waals surface area contributed by atoms with Gasteiger partial charge in [0.1, 0.15) is 11.5 Å². The van der Waals surface area contributed by atoms with Crippen molar-refractivity contribution in [3.8, 4) is 11.3 Å². The number of benzene rings is 1. The first kappa shape index (κ1) is 19.9. The zero-order valence-electron chi connectivity index (χ0n) is 18.2. The van der Waals surface area contributed by atoms with Crippen molar-refractivity contribution in [3.05, 3.63) is 64.7 Å². The summed E-state index contributed by atoms with van der Waals surface area (Å²) in [6.45, 7) is 11.9. The van der Waals surface area contributed by atoms with Gasteiger partial charge in [-0.1, -0.05) is 17.7 Å². The molecule has 30 heavy (non-hydrogen) atoms. The van der Waals surface area contributed by atoms with Gasteiger partial charge in [-0.25, -0.2) is 9.67 Å². The lowest BCUT2D eigenvalue weighted by atomic mass is 10.1. The number of aryl methyl sites for hydroxylation is 4. The molecule has 0 unspecified atom stereocenters. The number of carbonyl (C=O) groups is 1. The van der Waals surface area contributed by atoms with Gasteiger partial charge in [0, 0.05) is 17.3 Å². The number of amides is 1. The molecule has 0 bridgehead atoms. The molecular formula is C24H26N4O2. The first-order chi connectivity index (χ1) is 14.2. The van der Waals surface area contributed by atoms with Gasteiger partial charge in [0.2, 0.25) is 0 Å². The summed E-state index contributed by atoms with van der Waals surface area (Å²) >= 11 is 0. The third-order valence-corrected chi connectivity index (χ3v) is 5.25. The molecule has 154 valence electrons. The van der Waals surface area contributed by atoms with Crippen molar-refractivity contribution in [2.45, 2.75) is 47.6 Å².